The molecule has 0 fully saturated rings. The van der Waals surface area contributed by atoms with Gasteiger partial charge in [0, 0.05) is 11.6 Å². The first kappa shape index (κ1) is 16.9. The van der Waals surface area contributed by atoms with Gasteiger partial charge in [-0.25, -0.2) is 0 Å². The van der Waals surface area contributed by atoms with Crippen LogP contribution in [-0.2, 0) is 0 Å². The van der Waals surface area contributed by atoms with Gasteiger partial charge >= 0.3 is 0 Å². The maximum Gasteiger partial charge on any atom is 0.204 e. The molecule has 1 heterocycles. The van der Waals surface area contributed by atoms with E-state index in [2.05, 4.69) is 0 Å². The molecule has 142 valence electrons. The largest absolute Gasteiger partial charge is 0.508 e. The molecular weight excluding hydrogens is 372 g/mol. The van der Waals surface area contributed by atoms with Crippen molar-refractivity contribution in [3.63, 3.8) is 0 Å². The zero-order valence-electron chi connectivity index (χ0n) is 14.9. The summed E-state index contributed by atoms with van der Waals surface area (Å²) in [5.41, 5.74) is -0.121. The van der Waals surface area contributed by atoms with Crippen LogP contribution < -0.4 is 5.43 Å². The second-order valence-electron chi connectivity index (χ2n) is 6.78. The fourth-order valence-corrected chi connectivity index (χ4v) is 3.73. The summed E-state index contributed by atoms with van der Waals surface area (Å²) in [4.78, 5) is 13.0. The lowest BCUT2D eigenvalue weighted by molar-refractivity contribution is 0.452. The second kappa shape index (κ2) is 5.90. The smallest absolute Gasteiger partial charge is 0.204 e. The first-order valence-corrected chi connectivity index (χ1v) is 8.81. The maximum atomic E-state index is 13.0. The highest BCUT2D eigenvalue weighted by molar-refractivity contribution is 6.07. The first-order chi connectivity index (χ1) is 14.0. The Hall–Kier alpha value is -4.19. The summed E-state index contributed by atoms with van der Waals surface area (Å²) in [5, 5.41) is 43.3. The average Bonchev–Trinajstić information content (AvgIpc) is 2.69. The molecular formula is C23H14O6. The van der Waals surface area contributed by atoms with Gasteiger partial charge in [0.25, 0.3) is 0 Å². The highest BCUT2D eigenvalue weighted by Gasteiger charge is 2.23. The molecule has 0 spiro atoms. The van der Waals surface area contributed by atoms with Gasteiger partial charge in [-0.3, -0.25) is 4.79 Å². The minimum atomic E-state index is -0.509. The fourth-order valence-electron chi connectivity index (χ4n) is 3.73. The molecule has 6 nitrogen and oxygen atoms in total. The Bertz CT molecular complexity index is 1510. The van der Waals surface area contributed by atoms with Crippen molar-refractivity contribution in [2.75, 3.05) is 0 Å². The lowest BCUT2D eigenvalue weighted by Crippen LogP contribution is -2.03. The zero-order valence-corrected chi connectivity index (χ0v) is 14.9. The van der Waals surface area contributed by atoms with Crippen LogP contribution in [0.25, 0.3) is 43.8 Å². The van der Waals surface area contributed by atoms with E-state index in [9.17, 15) is 25.2 Å². The Morgan fingerprint density at radius 3 is 2.28 bits per heavy atom. The van der Waals surface area contributed by atoms with Gasteiger partial charge in [0.2, 0.25) is 5.43 Å². The minimum absolute atomic E-state index is 0.0232. The van der Waals surface area contributed by atoms with E-state index in [1.165, 1.54) is 24.3 Å². The van der Waals surface area contributed by atoms with Crippen LogP contribution in [0.3, 0.4) is 0 Å². The molecule has 0 saturated carbocycles. The van der Waals surface area contributed by atoms with Crippen LogP contribution in [0.4, 0.5) is 0 Å². The quantitative estimate of drug-likeness (QED) is 0.314. The molecule has 4 N–H and O–H groups in total. The highest BCUT2D eigenvalue weighted by Crippen LogP contribution is 2.48. The number of hydrogen-bond acceptors (Lipinski definition) is 6. The fraction of sp³-hybridized carbons (Fsp3) is 0. The van der Waals surface area contributed by atoms with E-state index in [0.717, 1.165) is 0 Å². The van der Waals surface area contributed by atoms with Crippen LogP contribution in [0.15, 0.2) is 69.9 Å². The second-order valence-corrected chi connectivity index (χ2v) is 6.78. The minimum Gasteiger partial charge on any atom is -0.508 e. The van der Waals surface area contributed by atoms with E-state index in [-0.39, 0.29) is 44.7 Å². The lowest BCUT2D eigenvalue weighted by atomic mass is 9.94. The monoisotopic (exact) mass is 386 g/mol. The normalized spacial score (nSPS) is 11.4. The summed E-state index contributed by atoms with van der Waals surface area (Å²) in [5.74, 6) is -1.15. The van der Waals surface area contributed by atoms with E-state index in [4.69, 9.17) is 4.42 Å². The molecule has 0 saturated heterocycles. The van der Waals surface area contributed by atoms with E-state index < -0.39 is 11.2 Å². The van der Waals surface area contributed by atoms with Crippen LogP contribution in [-0.4, -0.2) is 20.4 Å². The molecule has 6 heteroatoms. The number of para-hydroxylation sites is 1. The van der Waals surface area contributed by atoms with Gasteiger partial charge < -0.3 is 24.8 Å². The molecule has 0 unspecified atom stereocenters. The summed E-state index contributed by atoms with van der Waals surface area (Å²) in [6.45, 7) is 0. The van der Waals surface area contributed by atoms with E-state index in [0.29, 0.717) is 16.4 Å². The number of fused-ring (bicyclic) bond motifs is 3. The van der Waals surface area contributed by atoms with Gasteiger partial charge in [0.1, 0.15) is 39.6 Å². The summed E-state index contributed by atoms with van der Waals surface area (Å²) in [7, 11) is 0. The van der Waals surface area contributed by atoms with Gasteiger partial charge in [0.15, 0.2) is 0 Å². The Morgan fingerprint density at radius 2 is 1.45 bits per heavy atom. The number of rotatable bonds is 1. The summed E-state index contributed by atoms with van der Waals surface area (Å²) < 4.78 is 5.69. The highest BCUT2D eigenvalue weighted by atomic mass is 16.3. The van der Waals surface area contributed by atoms with Crippen molar-refractivity contribution < 1.29 is 24.8 Å². The molecule has 1 aromatic heterocycles. The number of phenolic OH excluding ortho intramolecular Hbond substituents is 4. The topological polar surface area (TPSA) is 111 Å². The molecule has 0 aliphatic carbocycles. The summed E-state index contributed by atoms with van der Waals surface area (Å²) in [6.07, 6.45) is 0. The average molecular weight is 386 g/mol. The van der Waals surface area contributed by atoms with Crippen molar-refractivity contribution in [3.05, 3.63) is 70.9 Å². The third kappa shape index (κ3) is 2.39. The Morgan fingerprint density at radius 1 is 0.690 bits per heavy atom. The molecule has 29 heavy (non-hydrogen) atoms. The van der Waals surface area contributed by atoms with Crippen molar-refractivity contribution in [1.29, 1.82) is 0 Å². The number of phenols is 4. The molecule has 5 rings (SSSR count). The van der Waals surface area contributed by atoms with Crippen molar-refractivity contribution in [2.45, 2.75) is 0 Å². The van der Waals surface area contributed by atoms with Crippen LogP contribution >= 0.6 is 0 Å². The SMILES string of the molecule is O=c1c2ccccc2oc2cc(O)c(-c3c(O)ccc4ccc(O)cc34)c(O)c12. The Balaban J connectivity index is 1.97. The number of aromatic hydroxyl groups is 4. The predicted octanol–water partition coefficient (Wildman–Crippen LogP) is 4.59. The molecule has 0 atom stereocenters. The molecule has 0 aliphatic heterocycles. The zero-order chi connectivity index (χ0) is 20.3. The van der Waals surface area contributed by atoms with Crippen molar-refractivity contribution >= 4 is 32.7 Å². The van der Waals surface area contributed by atoms with Crippen LogP contribution in [0.1, 0.15) is 0 Å². The number of hydrogen-bond donors (Lipinski definition) is 4. The van der Waals surface area contributed by atoms with Crippen molar-refractivity contribution in [2.24, 2.45) is 0 Å². The van der Waals surface area contributed by atoms with Gasteiger partial charge in [-0.1, -0.05) is 24.3 Å². The van der Waals surface area contributed by atoms with Gasteiger partial charge in [-0.15, -0.1) is 0 Å². The van der Waals surface area contributed by atoms with Crippen molar-refractivity contribution in [3.8, 4) is 34.1 Å². The molecule has 0 aliphatic rings. The van der Waals surface area contributed by atoms with Crippen molar-refractivity contribution in [1.82, 2.24) is 0 Å². The third-order valence-corrected chi connectivity index (χ3v) is 5.06. The van der Waals surface area contributed by atoms with Crippen LogP contribution in [0.5, 0.6) is 23.0 Å². The van der Waals surface area contributed by atoms with Crippen LogP contribution in [0, 0.1) is 0 Å². The lowest BCUT2D eigenvalue weighted by Gasteiger charge is -2.14. The van der Waals surface area contributed by atoms with Crippen LogP contribution in [0.2, 0.25) is 0 Å². The van der Waals surface area contributed by atoms with Gasteiger partial charge in [0.05, 0.1) is 10.9 Å². The molecule has 0 bridgehead atoms. The predicted molar refractivity (Wildman–Crippen MR) is 110 cm³/mol. The molecule has 0 amide bonds. The molecule has 5 aromatic rings. The first-order valence-electron chi connectivity index (χ1n) is 8.81. The van der Waals surface area contributed by atoms with E-state index in [1.54, 1.807) is 36.4 Å². The summed E-state index contributed by atoms with van der Waals surface area (Å²) in [6, 6.07) is 15.4. The molecule has 4 aromatic carbocycles. The standard InChI is InChI=1S/C23H14O6/c24-12-7-5-11-6-8-15(25)19(14(11)9-12)20-16(26)10-18-21(23(20)28)22(27)13-3-1-2-4-17(13)29-18/h1-10,24-26,28H. The van der Waals surface area contributed by atoms with Gasteiger partial charge in [-0.2, -0.15) is 0 Å². The van der Waals surface area contributed by atoms with E-state index >= 15 is 0 Å². The van der Waals surface area contributed by atoms with E-state index in [1.807, 2.05) is 0 Å². The maximum absolute atomic E-state index is 13.0. The third-order valence-electron chi connectivity index (χ3n) is 5.06. The number of benzene rings is 4. The Labute approximate surface area is 163 Å². The molecule has 0 radical (unpaired) electrons. The van der Waals surface area contributed by atoms with Gasteiger partial charge in [-0.05, 0) is 41.1 Å². The summed E-state index contributed by atoms with van der Waals surface area (Å²) >= 11 is 0. The Kier molecular flexibility index (Phi) is 3.45.